The minimum Gasteiger partial charge on any atom is -0.494 e. The summed E-state index contributed by atoms with van der Waals surface area (Å²) in [6.07, 6.45) is -3.55. The van der Waals surface area contributed by atoms with Gasteiger partial charge in [-0.1, -0.05) is 30.3 Å². The molecule has 4 nitrogen and oxygen atoms in total. The highest BCUT2D eigenvalue weighted by atomic mass is 19.4. The van der Waals surface area contributed by atoms with Crippen molar-refractivity contribution < 1.29 is 27.8 Å². The number of amides is 1. The Kier molecular flexibility index (Phi) is 4.66. The zero-order chi connectivity index (χ0) is 18.9. The molecule has 3 rings (SSSR count). The Balaban J connectivity index is 1.88. The molecule has 0 spiro atoms. The molecule has 138 valence electrons. The minimum absolute atomic E-state index is 0.180. The summed E-state index contributed by atoms with van der Waals surface area (Å²) in [5, 5.41) is 10.6. The van der Waals surface area contributed by atoms with Crippen molar-refractivity contribution in [2.45, 2.75) is 31.0 Å². The van der Waals surface area contributed by atoms with E-state index >= 15 is 0 Å². The number of carbonyl (C=O) groups excluding carboxylic acids is 1. The average Bonchev–Trinajstić information content (AvgIpc) is 2.85. The molecule has 0 aliphatic heterocycles. The number of carbonyl (C=O) groups is 1. The van der Waals surface area contributed by atoms with E-state index in [0.29, 0.717) is 24.0 Å². The number of unbranched alkanes of at least 4 members (excludes halogenated alkanes) is 1. The Morgan fingerprint density at radius 2 is 1.77 bits per heavy atom. The Morgan fingerprint density at radius 1 is 1.08 bits per heavy atom. The fourth-order valence-corrected chi connectivity index (χ4v) is 3.22. The number of primary amides is 1. The number of hydrogen-bond donors (Lipinski definition) is 2. The Hall–Kier alpha value is -2.54. The highest BCUT2D eigenvalue weighted by Gasteiger charge is 2.60. The Labute approximate surface area is 148 Å². The number of alkyl halides is 3. The molecule has 0 fully saturated rings. The van der Waals surface area contributed by atoms with Crippen LogP contribution in [0.2, 0.25) is 0 Å². The predicted molar refractivity (Wildman–Crippen MR) is 89.5 cm³/mol. The van der Waals surface area contributed by atoms with Crippen LogP contribution in [0.25, 0.3) is 11.1 Å². The monoisotopic (exact) mass is 365 g/mol. The number of rotatable bonds is 6. The lowest BCUT2D eigenvalue weighted by atomic mass is 9.91. The first-order chi connectivity index (χ1) is 12.2. The molecule has 7 heteroatoms. The second-order valence-corrected chi connectivity index (χ2v) is 6.23. The summed E-state index contributed by atoms with van der Waals surface area (Å²) in [6.45, 7) is 0.240. The molecular weight excluding hydrogens is 347 g/mol. The molecule has 1 unspecified atom stereocenters. The summed E-state index contributed by atoms with van der Waals surface area (Å²) in [5.41, 5.74) is 2.26. The number of fused-ring (bicyclic) bond motifs is 3. The van der Waals surface area contributed by atoms with Crippen LogP contribution in [-0.4, -0.2) is 23.8 Å². The molecule has 1 amide bonds. The van der Waals surface area contributed by atoms with Crippen molar-refractivity contribution in [1.29, 1.82) is 0 Å². The van der Waals surface area contributed by atoms with Crippen molar-refractivity contribution in [2.75, 3.05) is 6.61 Å². The fraction of sp³-hybridized carbons (Fsp3) is 0.316. The normalized spacial score (nSPS) is 18.3. The van der Waals surface area contributed by atoms with Crippen molar-refractivity contribution in [3.05, 3.63) is 53.6 Å². The van der Waals surface area contributed by atoms with Crippen LogP contribution < -0.4 is 10.5 Å². The van der Waals surface area contributed by atoms with Gasteiger partial charge in [-0.25, -0.2) is 0 Å². The van der Waals surface area contributed by atoms with Crippen molar-refractivity contribution in [3.8, 4) is 16.9 Å². The van der Waals surface area contributed by atoms with Crippen LogP contribution in [0, 0.1) is 0 Å². The number of aliphatic hydroxyl groups is 1. The lowest BCUT2D eigenvalue weighted by molar-refractivity contribution is -0.246. The summed E-state index contributed by atoms with van der Waals surface area (Å²) < 4.78 is 46.7. The number of ether oxygens (including phenoxy) is 1. The SMILES string of the molecule is NC(=O)CCCCOc1ccc2c(c1)C(O)(C(F)(F)F)c1ccccc1-2. The lowest BCUT2D eigenvalue weighted by Gasteiger charge is -2.28. The fourth-order valence-electron chi connectivity index (χ4n) is 3.22. The quantitative estimate of drug-likeness (QED) is 0.770. The second kappa shape index (κ2) is 6.64. The average molecular weight is 365 g/mol. The second-order valence-electron chi connectivity index (χ2n) is 6.23. The summed E-state index contributed by atoms with van der Waals surface area (Å²) in [7, 11) is 0. The summed E-state index contributed by atoms with van der Waals surface area (Å²) >= 11 is 0. The molecule has 26 heavy (non-hydrogen) atoms. The predicted octanol–water partition coefficient (Wildman–Crippen LogP) is 3.50. The number of benzene rings is 2. The number of halogens is 3. The van der Waals surface area contributed by atoms with Crippen molar-refractivity contribution in [1.82, 2.24) is 0 Å². The van der Waals surface area contributed by atoms with Crippen molar-refractivity contribution >= 4 is 5.91 Å². The van der Waals surface area contributed by atoms with E-state index in [0.717, 1.165) is 0 Å². The highest BCUT2D eigenvalue weighted by Crippen LogP contribution is 2.55. The molecule has 0 saturated carbocycles. The molecule has 0 radical (unpaired) electrons. The number of nitrogens with two attached hydrogens (primary N) is 1. The smallest absolute Gasteiger partial charge is 0.425 e. The number of hydrogen-bond acceptors (Lipinski definition) is 3. The van der Waals surface area contributed by atoms with Crippen molar-refractivity contribution in [3.63, 3.8) is 0 Å². The molecular formula is C19H18F3NO3. The topological polar surface area (TPSA) is 72.6 Å². The van der Waals surface area contributed by atoms with Gasteiger partial charge in [0.1, 0.15) is 5.75 Å². The molecule has 3 N–H and O–H groups in total. The molecule has 1 atom stereocenters. The van der Waals surface area contributed by atoms with E-state index in [1.165, 1.54) is 24.3 Å². The molecule has 0 aromatic heterocycles. The zero-order valence-corrected chi connectivity index (χ0v) is 13.8. The van der Waals surface area contributed by atoms with Gasteiger partial charge in [-0.2, -0.15) is 13.2 Å². The van der Waals surface area contributed by atoms with Crippen LogP contribution in [-0.2, 0) is 10.4 Å². The molecule has 1 aliphatic carbocycles. The van der Waals surface area contributed by atoms with E-state index in [-0.39, 0.29) is 29.9 Å². The van der Waals surface area contributed by atoms with Crippen LogP contribution in [0.1, 0.15) is 30.4 Å². The molecule has 2 aromatic carbocycles. The third-order valence-corrected chi connectivity index (χ3v) is 4.48. The van der Waals surface area contributed by atoms with Crippen LogP contribution in [0.15, 0.2) is 42.5 Å². The zero-order valence-electron chi connectivity index (χ0n) is 13.8. The third-order valence-electron chi connectivity index (χ3n) is 4.48. The first kappa shape index (κ1) is 18.3. The lowest BCUT2D eigenvalue weighted by Crippen LogP contribution is -2.41. The molecule has 0 bridgehead atoms. The van der Waals surface area contributed by atoms with E-state index in [1.54, 1.807) is 18.2 Å². The molecule has 2 aromatic rings. The first-order valence-corrected chi connectivity index (χ1v) is 8.20. The maximum atomic E-state index is 13.7. The maximum absolute atomic E-state index is 13.7. The van der Waals surface area contributed by atoms with Crippen molar-refractivity contribution in [2.24, 2.45) is 5.73 Å². The van der Waals surface area contributed by atoms with Crippen LogP contribution >= 0.6 is 0 Å². The van der Waals surface area contributed by atoms with Gasteiger partial charge in [-0.3, -0.25) is 4.79 Å². The van der Waals surface area contributed by atoms with Gasteiger partial charge in [0.25, 0.3) is 0 Å². The van der Waals surface area contributed by atoms with E-state index in [2.05, 4.69) is 0 Å². The van der Waals surface area contributed by atoms with Gasteiger partial charge in [-0.05, 0) is 36.1 Å². The van der Waals surface area contributed by atoms with E-state index in [9.17, 15) is 23.1 Å². The van der Waals surface area contributed by atoms with Gasteiger partial charge in [0.2, 0.25) is 11.5 Å². The van der Waals surface area contributed by atoms with Gasteiger partial charge >= 0.3 is 6.18 Å². The molecule has 1 aliphatic rings. The largest absolute Gasteiger partial charge is 0.494 e. The van der Waals surface area contributed by atoms with Gasteiger partial charge in [0, 0.05) is 17.5 Å². The van der Waals surface area contributed by atoms with Gasteiger partial charge in [-0.15, -0.1) is 0 Å². The first-order valence-electron chi connectivity index (χ1n) is 8.20. The Bertz CT molecular complexity index is 835. The van der Waals surface area contributed by atoms with Crippen LogP contribution in [0.3, 0.4) is 0 Å². The summed E-state index contributed by atoms with van der Waals surface area (Å²) in [5.74, 6) is -0.172. The standard InChI is InChI=1S/C19H18F3NO3/c20-19(21,22)18(25)15-6-2-1-5-13(15)14-9-8-12(11-16(14)18)26-10-4-3-7-17(23)24/h1-2,5-6,8-9,11,25H,3-4,7,10H2,(H2,23,24). The van der Waals surface area contributed by atoms with Gasteiger partial charge in [0.05, 0.1) is 6.61 Å². The third kappa shape index (κ3) is 3.03. The van der Waals surface area contributed by atoms with E-state index < -0.39 is 17.7 Å². The molecule has 0 heterocycles. The minimum atomic E-state index is -4.87. The van der Waals surface area contributed by atoms with E-state index in [1.807, 2.05) is 0 Å². The van der Waals surface area contributed by atoms with Crippen LogP contribution in [0.4, 0.5) is 13.2 Å². The van der Waals surface area contributed by atoms with Crippen LogP contribution in [0.5, 0.6) is 5.75 Å². The van der Waals surface area contributed by atoms with Gasteiger partial charge in [0.15, 0.2) is 0 Å². The molecule has 0 saturated heterocycles. The van der Waals surface area contributed by atoms with Gasteiger partial charge < -0.3 is 15.6 Å². The van der Waals surface area contributed by atoms with E-state index in [4.69, 9.17) is 10.5 Å². The Morgan fingerprint density at radius 3 is 2.46 bits per heavy atom. The summed E-state index contributed by atoms with van der Waals surface area (Å²) in [6, 6.07) is 10.3. The summed E-state index contributed by atoms with van der Waals surface area (Å²) in [4.78, 5) is 10.7. The maximum Gasteiger partial charge on any atom is 0.425 e. The highest BCUT2D eigenvalue weighted by molar-refractivity contribution is 5.81.